The number of carbonyl (C=O) groups is 6. The summed E-state index contributed by atoms with van der Waals surface area (Å²) in [6.07, 6.45) is -2.12. The Hall–Kier alpha value is -5.85. The number of rotatable bonds is 11. The van der Waals surface area contributed by atoms with Gasteiger partial charge in [0.2, 0.25) is 12.1 Å². The number of ether oxygens (including phenoxy) is 1. The molecule has 3 aromatic carbocycles. The normalized spacial score (nSPS) is 14.8. The number of Topliss-reactive ketones (excluding diaryl/α,β-unsaturated/α-hetero) is 1. The number of phenolic OH excluding ortho intramolecular Hbond substituents is 1. The van der Waals surface area contributed by atoms with Gasteiger partial charge in [-0.25, -0.2) is 4.99 Å². The standard InChI is InChI=1S/C30H26N4O9/c1-43-22-13-7-12-21(36)25(22)27(40)29(41)33-28-30(42)34(15-23(37)31-18(16-35)14-24(38)39)20-11-6-5-10-19(20)26(32-28)17-8-3-2-4-9-17/h2-13,16,18,28,36H,14-15H2,1H3,(H,31,37)(H,33,41)(H,38,39). The van der Waals surface area contributed by atoms with Crippen molar-refractivity contribution in [1.29, 1.82) is 0 Å². The molecule has 1 aliphatic heterocycles. The van der Waals surface area contributed by atoms with Crippen LogP contribution >= 0.6 is 0 Å². The van der Waals surface area contributed by atoms with E-state index in [4.69, 9.17) is 9.84 Å². The zero-order valence-electron chi connectivity index (χ0n) is 22.7. The summed E-state index contributed by atoms with van der Waals surface area (Å²) in [5.41, 5.74) is 1.05. The lowest BCUT2D eigenvalue weighted by Crippen LogP contribution is -2.52. The van der Waals surface area contributed by atoms with Crippen molar-refractivity contribution in [2.75, 3.05) is 18.6 Å². The number of aliphatic imine (C=N–C) groups is 1. The van der Waals surface area contributed by atoms with Crippen molar-refractivity contribution in [3.05, 3.63) is 89.5 Å². The number of aromatic hydroxyl groups is 1. The number of hydrogen-bond acceptors (Lipinski definition) is 9. The van der Waals surface area contributed by atoms with Gasteiger partial charge in [-0.3, -0.25) is 28.9 Å². The smallest absolute Gasteiger partial charge is 0.305 e. The third-order valence-electron chi connectivity index (χ3n) is 6.39. The third-order valence-corrected chi connectivity index (χ3v) is 6.39. The highest BCUT2D eigenvalue weighted by Gasteiger charge is 2.36. The van der Waals surface area contributed by atoms with E-state index in [2.05, 4.69) is 15.6 Å². The summed E-state index contributed by atoms with van der Waals surface area (Å²) in [6, 6.07) is 17.8. The van der Waals surface area contributed by atoms with Gasteiger partial charge in [0.25, 0.3) is 17.6 Å². The van der Waals surface area contributed by atoms with E-state index < -0.39 is 66.0 Å². The number of aldehydes is 1. The average molecular weight is 587 g/mol. The van der Waals surface area contributed by atoms with Crippen LogP contribution in [0.3, 0.4) is 0 Å². The number of methoxy groups -OCH3 is 1. The molecule has 0 aromatic heterocycles. The highest BCUT2D eigenvalue weighted by atomic mass is 16.5. The molecule has 1 heterocycles. The minimum atomic E-state index is -1.72. The number of ketones is 1. The molecule has 1 aliphatic rings. The van der Waals surface area contributed by atoms with Crippen LogP contribution in [-0.2, 0) is 24.0 Å². The number of nitrogens with one attached hydrogen (secondary N) is 2. The Kier molecular flexibility index (Phi) is 9.25. The molecular formula is C30H26N4O9. The van der Waals surface area contributed by atoms with E-state index >= 15 is 0 Å². The fourth-order valence-electron chi connectivity index (χ4n) is 4.45. The molecule has 0 spiro atoms. The molecule has 4 N–H and O–H groups in total. The zero-order chi connectivity index (χ0) is 31.1. The topological polar surface area (TPSA) is 192 Å². The lowest BCUT2D eigenvalue weighted by atomic mass is 10.0. The number of phenols is 1. The Balaban J connectivity index is 1.75. The average Bonchev–Trinajstić information content (AvgIpc) is 3.11. The van der Waals surface area contributed by atoms with E-state index in [9.17, 15) is 33.9 Å². The number of hydrogen-bond donors (Lipinski definition) is 4. The molecule has 0 fully saturated rings. The van der Waals surface area contributed by atoms with Crippen molar-refractivity contribution in [2.45, 2.75) is 18.6 Å². The Morgan fingerprint density at radius 3 is 2.40 bits per heavy atom. The van der Waals surface area contributed by atoms with Crippen molar-refractivity contribution in [3.63, 3.8) is 0 Å². The molecule has 0 radical (unpaired) electrons. The number of aliphatic carboxylic acids is 1. The van der Waals surface area contributed by atoms with Crippen molar-refractivity contribution in [3.8, 4) is 11.5 Å². The van der Waals surface area contributed by atoms with Crippen LogP contribution in [0.1, 0.15) is 27.9 Å². The lowest BCUT2D eigenvalue weighted by Gasteiger charge is -2.25. The van der Waals surface area contributed by atoms with Gasteiger partial charge >= 0.3 is 5.97 Å². The van der Waals surface area contributed by atoms with Gasteiger partial charge in [-0.05, 0) is 18.2 Å². The second-order valence-corrected chi connectivity index (χ2v) is 9.25. The molecule has 0 saturated carbocycles. The first-order valence-corrected chi connectivity index (χ1v) is 12.9. The molecule has 43 heavy (non-hydrogen) atoms. The van der Waals surface area contributed by atoms with Gasteiger partial charge in [0.05, 0.1) is 31.0 Å². The predicted octanol–water partition coefficient (Wildman–Crippen LogP) is 1.07. The SMILES string of the molecule is COc1cccc(O)c1C(=O)C(=O)NC1N=C(c2ccccc2)c2ccccc2N(CC(=O)NC(C=O)CC(=O)O)C1=O. The Morgan fingerprint density at radius 2 is 1.72 bits per heavy atom. The van der Waals surface area contributed by atoms with E-state index in [0.717, 1.165) is 4.90 Å². The highest BCUT2D eigenvalue weighted by molar-refractivity contribution is 6.44. The number of carboxylic acids is 1. The number of benzodiazepines with no additional fused rings is 1. The van der Waals surface area contributed by atoms with E-state index in [-0.39, 0.29) is 23.4 Å². The Labute approximate surface area is 244 Å². The number of fused-ring (bicyclic) bond motifs is 1. The second-order valence-electron chi connectivity index (χ2n) is 9.25. The maximum absolute atomic E-state index is 13.9. The van der Waals surface area contributed by atoms with Crippen LogP contribution in [0.15, 0.2) is 77.8 Å². The van der Waals surface area contributed by atoms with Crippen LogP contribution in [0.25, 0.3) is 0 Å². The number of para-hydroxylation sites is 1. The van der Waals surface area contributed by atoms with Crippen LogP contribution in [-0.4, -0.2) is 77.5 Å². The molecule has 220 valence electrons. The summed E-state index contributed by atoms with van der Waals surface area (Å²) >= 11 is 0. The van der Waals surface area contributed by atoms with Crippen LogP contribution in [0.5, 0.6) is 11.5 Å². The highest BCUT2D eigenvalue weighted by Crippen LogP contribution is 2.30. The number of anilines is 1. The maximum atomic E-state index is 13.9. The molecule has 13 nitrogen and oxygen atoms in total. The van der Waals surface area contributed by atoms with Gasteiger partial charge in [0.15, 0.2) is 0 Å². The van der Waals surface area contributed by atoms with Gasteiger partial charge in [-0.2, -0.15) is 0 Å². The summed E-state index contributed by atoms with van der Waals surface area (Å²) in [4.78, 5) is 81.0. The maximum Gasteiger partial charge on any atom is 0.305 e. The number of amides is 3. The molecule has 4 rings (SSSR count). The molecule has 3 amide bonds. The fourth-order valence-corrected chi connectivity index (χ4v) is 4.45. The van der Waals surface area contributed by atoms with Gasteiger partial charge in [-0.15, -0.1) is 0 Å². The number of carbonyl (C=O) groups excluding carboxylic acids is 5. The first-order chi connectivity index (χ1) is 20.6. The van der Waals surface area contributed by atoms with Crippen molar-refractivity contribution < 1.29 is 43.7 Å². The first kappa shape index (κ1) is 30.1. The van der Waals surface area contributed by atoms with Crippen molar-refractivity contribution >= 4 is 47.2 Å². The summed E-state index contributed by atoms with van der Waals surface area (Å²) in [5, 5.41) is 23.8. The van der Waals surface area contributed by atoms with Crippen LogP contribution < -0.4 is 20.3 Å². The Morgan fingerprint density at radius 1 is 1.02 bits per heavy atom. The zero-order valence-corrected chi connectivity index (χ0v) is 22.7. The van der Waals surface area contributed by atoms with Gasteiger partial charge in [0, 0.05) is 11.1 Å². The fraction of sp³-hybridized carbons (Fsp3) is 0.167. The largest absolute Gasteiger partial charge is 0.507 e. The summed E-state index contributed by atoms with van der Waals surface area (Å²) in [5.74, 6) is -6.15. The number of benzene rings is 3. The van der Waals surface area contributed by atoms with Gasteiger partial charge in [-0.1, -0.05) is 54.6 Å². The second kappa shape index (κ2) is 13.2. The molecule has 2 unspecified atom stereocenters. The molecule has 2 atom stereocenters. The van der Waals surface area contributed by atoms with E-state index in [0.29, 0.717) is 11.1 Å². The predicted molar refractivity (Wildman–Crippen MR) is 152 cm³/mol. The minimum Gasteiger partial charge on any atom is -0.507 e. The summed E-state index contributed by atoms with van der Waals surface area (Å²) < 4.78 is 5.10. The van der Waals surface area contributed by atoms with Gasteiger partial charge in [0.1, 0.15) is 29.9 Å². The van der Waals surface area contributed by atoms with E-state index in [1.165, 1.54) is 25.3 Å². The molecule has 0 saturated heterocycles. The molecular weight excluding hydrogens is 560 g/mol. The summed E-state index contributed by atoms with van der Waals surface area (Å²) in [6.45, 7) is -0.676. The van der Waals surface area contributed by atoms with E-state index in [1.807, 2.05) is 0 Å². The minimum absolute atomic E-state index is 0.0717. The van der Waals surface area contributed by atoms with Gasteiger partial charge < -0.3 is 30.4 Å². The molecule has 0 bridgehead atoms. The van der Waals surface area contributed by atoms with Crippen LogP contribution in [0.2, 0.25) is 0 Å². The summed E-state index contributed by atoms with van der Waals surface area (Å²) in [7, 11) is 1.25. The number of carboxylic acid groups (broad SMARTS) is 1. The first-order valence-electron chi connectivity index (χ1n) is 12.9. The molecule has 0 aliphatic carbocycles. The third kappa shape index (κ3) is 6.73. The molecule has 13 heteroatoms. The van der Waals surface area contributed by atoms with E-state index in [1.54, 1.807) is 54.6 Å². The quantitative estimate of drug-likeness (QED) is 0.145. The monoisotopic (exact) mass is 586 g/mol. The molecule has 3 aromatic rings. The van der Waals surface area contributed by atoms with Crippen LogP contribution in [0.4, 0.5) is 5.69 Å². The van der Waals surface area contributed by atoms with Crippen molar-refractivity contribution in [1.82, 2.24) is 10.6 Å². The lowest BCUT2D eigenvalue weighted by molar-refractivity contribution is -0.138. The van der Waals surface area contributed by atoms with Crippen LogP contribution in [0, 0.1) is 0 Å². The Bertz CT molecular complexity index is 1620. The van der Waals surface area contributed by atoms with Crippen molar-refractivity contribution in [2.24, 2.45) is 4.99 Å². The number of nitrogens with zero attached hydrogens (tertiary/aromatic N) is 2.